The maximum Gasteiger partial charge on any atom is 0.389 e. The lowest BCUT2D eigenvalue weighted by Gasteiger charge is -2.09. The van der Waals surface area contributed by atoms with Crippen molar-refractivity contribution in [2.75, 3.05) is 11.9 Å². The van der Waals surface area contributed by atoms with E-state index in [0.29, 0.717) is 0 Å². The Morgan fingerprint density at radius 3 is 2.76 bits per heavy atom. The molecule has 0 aliphatic rings. The van der Waals surface area contributed by atoms with E-state index in [9.17, 15) is 18.0 Å². The minimum atomic E-state index is -4.17. The zero-order valence-corrected chi connectivity index (χ0v) is 9.77. The van der Waals surface area contributed by atoms with E-state index in [2.05, 4.69) is 10.4 Å². The number of aryl methyl sites for hydroxylation is 1. The van der Waals surface area contributed by atoms with Crippen LogP contribution in [-0.2, 0) is 7.05 Å². The van der Waals surface area contributed by atoms with E-state index in [1.807, 2.05) is 0 Å². The van der Waals surface area contributed by atoms with Crippen molar-refractivity contribution in [3.05, 3.63) is 21.6 Å². The highest BCUT2D eigenvalue weighted by Crippen LogP contribution is 2.21. The van der Waals surface area contributed by atoms with Gasteiger partial charge in [-0.05, 0) is 6.42 Å². The van der Waals surface area contributed by atoms with Gasteiger partial charge in [0.1, 0.15) is 5.02 Å². The molecule has 0 atom stereocenters. The van der Waals surface area contributed by atoms with Gasteiger partial charge in [-0.25, -0.2) is 4.68 Å². The third-order valence-electron chi connectivity index (χ3n) is 2.03. The van der Waals surface area contributed by atoms with Crippen molar-refractivity contribution in [1.29, 1.82) is 0 Å². The van der Waals surface area contributed by atoms with Gasteiger partial charge in [0.05, 0.1) is 11.9 Å². The summed E-state index contributed by atoms with van der Waals surface area (Å²) in [6.45, 7) is 0.0775. The zero-order chi connectivity index (χ0) is 13.1. The Morgan fingerprint density at radius 2 is 2.18 bits per heavy atom. The summed E-state index contributed by atoms with van der Waals surface area (Å²) in [5, 5.41) is 6.27. The van der Waals surface area contributed by atoms with Crippen molar-refractivity contribution in [1.82, 2.24) is 9.78 Å². The van der Waals surface area contributed by atoms with E-state index >= 15 is 0 Å². The summed E-state index contributed by atoms with van der Waals surface area (Å²) < 4.78 is 36.6. The molecule has 0 fully saturated rings. The molecule has 0 aliphatic heterocycles. The highest BCUT2D eigenvalue weighted by atomic mass is 35.5. The van der Waals surface area contributed by atoms with E-state index in [4.69, 9.17) is 11.6 Å². The van der Waals surface area contributed by atoms with Gasteiger partial charge in [-0.15, -0.1) is 0 Å². The number of rotatable bonds is 4. The van der Waals surface area contributed by atoms with Crippen LogP contribution >= 0.6 is 11.6 Å². The maximum absolute atomic E-state index is 11.9. The van der Waals surface area contributed by atoms with Crippen molar-refractivity contribution in [2.24, 2.45) is 7.05 Å². The quantitative estimate of drug-likeness (QED) is 0.853. The van der Waals surface area contributed by atoms with Gasteiger partial charge in [0.2, 0.25) is 0 Å². The third-order valence-corrected chi connectivity index (χ3v) is 2.40. The first-order valence-corrected chi connectivity index (χ1v) is 5.21. The first-order chi connectivity index (χ1) is 7.81. The van der Waals surface area contributed by atoms with Crippen LogP contribution in [-0.4, -0.2) is 22.5 Å². The number of anilines is 1. The Kier molecular flexibility index (Phi) is 4.39. The van der Waals surface area contributed by atoms with Crippen LogP contribution in [0.25, 0.3) is 0 Å². The Hall–Kier alpha value is -1.24. The van der Waals surface area contributed by atoms with Crippen molar-refractivity contribution in [2.45, 2.75) is 19.0 Å². The van der Waals surface area contributed by atoms with Crippen molar-refractivity contribution in [3.63, 3.8) is 0 Å². The van der Waals surface area contributed by atoms with E-state index in [0.717, 1.165) is 4.68 Å². The molecule has 0 spiro atoms. The van der Waals surface area contributed by atoms with Crippen LogP contribution in [0.5, 0.6) is 0 Å². The number of hydrogen-bond acceptors (Lipinski definition) is 3. The van der Waals surface area contributed by atoms with Crippen LogP contribution in [0.1, 0.15) is 12.8 Å². The monoisotopic (exact) mass is 269 g/mol. The molecule has 0 unspecified atom stereocenters. The molecule has 96 valence electrons. The van der Waals surface area contributed by atoms with Crippen molar-refractivity contribution < 1.29 is 13.2 Å². The SMILES string of the molecule is Cn1ncc(NCCCC(F)(F)F)c(Cl)c1=O. The molecule has 1 rings (SSSR count). The molecular formula is C9H11ClF3N3O. The second-order valence-electron chi connectivity index (χ2n) is 3.45. The van der Waals surface area contributed by atoms with Crippen LogP contribution in [0, 0.1) is 0 Å². The van der Waals surface area contributed by atoms with Gasteiger partial charge >= 0.3 is 6.18 Å². The van der Waals surface area contributed by atoms with Gasteiger partial charge in [0.25, 0.3) is 5.56 Å². The summed E-state index contributed by atoms with van der Waals surface area (Å²) >= 11 is 5.71. The zero-order valence-electron chi connectivity index (χ0n) is 9.01. The summed E-state index contributed by atoms with van der Waals surface area (Å²) in [5.41, 5.74) is -0.246. The normalized spacial score (nSPS) is 11.6. The largest absolute Gasteiger partial charge is 0.389 e. The molecule has 4 nitrogen and oxygen atoms in total. The average Bonchev–Trinajstić information content (AvgIpc) is 2.22. The molecule has 0 aliphatic carbocycles. The van der Waals surface area contributed by atoms with Gasteiger partial charge in [-0.3, -0.25) is 4.79 Å². The van der Waals surface area contributed by atoms with Gasteiger partial charge in [-0.1, -0.05) is 11.6 Å². The van der Waals surface area contributed by atoms with Crippen LogP contribution in [0.3, 0.4) is 0 Å². The molecule has 0 bridgehead atoms. The summed E-state index contributed by atoms with van der Waals surface area (Å²) in [6.07, 6.45) is -3.83. The van der Waals surface area contributed by atoms with Gasteiger partial charge in [0.15, 0.2) is 0 Å². The molecule has 0 radical (unpaired) electrons. The summed E-state index contributed by atoms with van der Waals surface area (Å²) in [6, 6.07) is 0. The summed E-state index contributed by atoms with van der Waals surface area (Å²) in [5.74, 6) is 0. The Balaban J connectivity index is 2.54. The molecule has 0 aromatic carbocycles. The second kappa shape index (κ2) is 5.39. The minimum Gasteiger partial charge on any atom is -0.382 e. The first-order valence-electron chi connectivity index (χ1n) is 4.83. The van der Waals surface area contributed by atoms with Crippen LogP contribution in [0.4, 0.5) is 18.9 Å². The highest BCUT2D eigenvalue weighted by molar-refractivity contribution is 6.32. The number of nitrogens with one attached hydrogen (secondary N) is 1. The standard InChI is InChI=1S/C9H11ClF3N3O/c1-16-8(17)7(10)6(5-15-16)14-4-2-3-9(11,12)13/h5,14H,2-4H2,1H3. The fraction of sp³-hybridized carbons (Fsp3) is 0.556. The van der Waals surface area contributed by atoms with Gasteiger partial charge < -0.3 is 5.32 Å². The highest BCUT2D eigenvalue weighted by Gasteiger charge is 2.25. The average molecular weight is 270 g/mol. The van der Waals surface area contributed by atoms with Crippen LogP contribution in [0.15, 0.2) is 11.0 Å². The molecule has 1 N–H and O–H groups in total. The second-order valence-corrected chi connectivity index (χ2v) is 3.82. The topological polar surface area (TPSA) is 46.9 Å². The molecule has 0 amide bonds. The summed E-state index contributed by atoms with van der Waals surface area (Å²) in [4.78, 5) is 11.3. The predicted molar refractivity (Wildman–Crippen MR) is 58.3 cm³/mol. The number of nitrogens with zero attached hydrogens (tertiary/aromatic N) is 2. The van der Waals surface area contributed by atoms with E-state index in [1.165, 1.54) is 13.2 Å². The molecular weight excluding hydrogens is 259 g/mol. The van der Waals surface area contributed by atoms with Crippen molar-refractivity contribution in [3.8, 4) is 0 Å². The molecule has 1 aromatic heterocycles. The first kappa shape index (κ1) is 13.8. The van der Waals surface area contributed by atoms with Crippen LogP contribution < -0.4 is 10.9 Å². The maximum atomic E-state index is 11.9. The number of aromatic nitrogens is 2. The minimum absolute atomic E-state index is 0.0745. The smallest absolute Gasteiger partial charge is 0.382 e. The number of hydrogen-bond donors (Lipinski definition) is 1. The van der Waals surface area contributed by atoms with Gasteiger partial charge in [-0.2, -0.15) is 18.3 Å². The molecule has 17 heavy (non-hydrogen) atoms. The Bertz CT molecular complexity index is 444. The molecule has 1 heterocycles. The fourth-order valence-corrected chi connectivity index (χ4v) is 1.38. The lowest BCUT2D eigenvalue weighted by molar-refractivity contribution is -0.134. The third kappa shape index (κ3) is 4.26. The number of alkyl halides is 3. The molecule has 8 heteroatoms. The summed E-state index contributed by atoms with van der Waals surface area (Å²) in [7, 11) is 1.43. The fourth-order valence-electron chi connectivity index (χ4n) is 1.15. The van der Waals surface area contributed by atoms with E-state index in [1.54, 1.807) is 0 Å². The number of halogens is 4. The molecule has 0 saturated carbocycles. The van der Waals surface area contributed by atoms with E-state index < -0.39 is 18.2 Å². The Morgan fingerprint density at radius 1 is 1.53 bits per heavy atom. The van der Waals surface area contributed by atoms with Gasteiger partial charge in [0, 0.05) is 20.0 Å². The van der Waals surface area contributed by atoms with Crippen LogP contribution in [0.2, 0.25) is 5.02 Å². The lowest BCUT2D eigenvalue weighted by atomic mass is 10.3. The van der Waals surface area contributed by atoms with E-state index in [-0.39, 0.29) is 23.7 Å². The Labute approximate surface area is 100 Å². The molecule has 0 saturated heterocycles. The molecule has 1 aromatic rings. The lowest BCUT2D eigenvalue weighted by Crippen LogP contribution is -2.21. The van der Waals surface area contributed by atoms with Crippen molar-refractivity contribution >= 4 is 17.3 Å². The predicted octanol–water partition coefficient (Wildman–Crippen LogP) is 2.19.